The number of ketones is 2. The van der Waals surface area contributed by atoms with Gasteiger partial charge in [0.2, 0.25) is 11.8 Å². The first-order valence-corrected chi connectivity index (χ1v) is 17.5. The van der Waals surface area contributed by atoms with Crippen molar-refractivity contribution in [2.75, 3.05) is 25.0 Å². The fourth-order valence-electron chi connectivity index (χ4n) is 5.49. The molecule has 1 aromatic heterocycles. The largest absolute Gasteiger partial charge is 0.458 e. The maximum Gasteiger partial charge on any atom is 0.458 e. The molecular formula is C39H40F6N6O6. The number of nitrogens with zero attached hydrogens (tertiary/aromatic N) is 3. The Labute approximate surface area is 323 Å². The van der Waals surface area contributed by atoms with Gasteiger partial charge in [0.15, 0.2) is 5.82 Å². The molecule has 18 heteroatoms. The second-order valence-electron chi connectivity index (χ2n) is 13.5. The van der Waals surface area contributed by atoms with Crippen LogP contribution >= 0.6 is 0 Å². The van der Waals surface area contributed by atoms with E-state index in [-0.39, 0.29) is 24.9 Å². The lowest BCUT2D eigenvalue weighted by molar-refractivity contribution is -0.193. The number of ether oxygens (including phenoxy) is 1. The Balaban J connectivity index is 0.000000519. The minimum Gasteiger partial charge on any atom is -0.374 e. The van der Waals surface area contributed by atoms with Gasteiger partial charge < -0.3 is 30.6 Å². The molecule has 0 spiro atoms. The molecule has 304 valence electrons. The van der Waals surface area contributed by atoms with Crippen molar-refractivity contribution in [2.45, 2.75) is 63.3 Å². The van der Waals surface area contributed by atoms with Crippen LogP contribution in [0.15, 0.2) is 97.2 Å². The number of imidazole rings is 1. The number of benzene rings is 3. The summed E-state index contributed by atoms with van der Waals surface area (Å²) in [4.78, 5) is 66.5. The highest BCUT2D eigenvalue weighted by molar-refractivity contribution is 6.41. The molecule has 1 unspecified atom stereocenters. The van der Waals surface area contributed by atoms with E-state index in [2.05, 4.69) is 10.6 Å². The monoisotopic (exact) mass is 802 g/mol. The van der Waals surface area contributed by atoms with Crippen LogP contribution in [0, 0.1) is 0 Å². The fourth-order valence-corrected chi connectivity index (χ4v) is 5.49. The van der Waals surface area contributed by atoms with E-state index in [1.165, 1.54) is 0 Å². The van der Waals surface area contributed by atoms with E-state index < -0.39 is 53.4 Å². The summed E-state index contributed by atoms with van der Waals surface area (Å²) in [6.45, 7) is 4.70. The van der Waals surface area contributed by atoms with Crippen molar-refractivity contribution in [2.24, 2.45) is 5.73 Å². The second-order valence-corrected chi connectivity index (χ2v) is 13.5. The van der Waals surface area contributed by atoms with Crippen LogP contribution in [0.3, 0.4) is 0 Å². The van der Waals surface area contributed by atoms with Crippen molar-refractivity contribution in [3.8, 4) is 11.4 Å². The molecule has 0 aliphatic carbocycles. The van der Waals surface area contributed by atoms with Gasteiger partial charge in [0, 0.05) is 24.8 Å². The number of carbonyl (C=O) groups is 5. The van der Waals surface area contributed by atoms with Gasteiger partial charge in [-0.15, -0.1) is 0 Å². The van der Waals surface area contributed by atoms with Crippen LogP contribution in [0.25, 0.3) is 11.4 Å². The number of hydrogen-bond donors (Lipinski definition) is 3. The van der Waals surface area contributed by atoms with Crippen LogP contribution in [-0.2, 0) is 35.3 Å². The maximum atomic E-state index is 14.0. The Bertz CT molecular complexity index is 1970. The first kappa shape index (κ1) is 43.8. The minimum atomic E-state index is -5.77. The van der Waals surface area contributed by atoms with Gasteiger partial charge >= 0.3 is 23.9 Å². The SMILES string of the molecule is CC(C)(N)C(=O)N[C@H](COCc1ccccc1)C(=O)Nc1cn(C(C(=O)N2CCCC2)c2ccccc2)c(-c2ccccc2)n1.O=C(C(=O)C(F)(F)F)C(F)(F)F. The van der Waals surface area contributed by atoms with E-state index in [0.29, 0.717) is 18.9 Å². The van der Waals surface area contributed by atoms with Crippen molar-refractivity contribution >= 4 is 35.1 Å². The molecule has 57 heavy (non-hydrogen) atoms. The minimum absolute atomic E-state index is 0.0317. The number of anilines is 1. The molecule has 1 saturated heterocycles. The molecule has 1 aliphatic heterocycles. The number of hydrogen-bond acceptors (Lipinski definition) is 8. The van der Waals surface area contributed by atoms with Crippen LogP contribution in [0.1, 0.15) is 43.9 Å². The summed E-state index contributed by atoms with van der Waals surface area (Å²) in [5.74, 6) is -7.10. The number of rotatable bonds is 13. The number of amides is 3. The molecule has 0 radical (unpaired) electrons. The van der Waals surface area contributed by atoms with E-state index in [1.54, 1.807) is 20.0 Å². The Morgan fingerprint density at radius 1 is 0.789 bits per heavy atom. The molecule has 0 bridgehead atoms. The van der Waals surface area contributed by atoms with Crippen molar-refractivity contribution in [3.63, 3.8) is 0 Å². The average Bonchev–Trinajstić information content (AvgIpc) is 3.85. The van der Waals surface area contributed by atoms with Crippen LogP contribution in [0.2, 0.25) is 0 Å². The van der Waals surface area contributed by atoms with E-state index in [0.717, 1.165) is 29.5 Å². The number of nitrogens with two attached hydrogens (primary N) is 1. The van der Waals surface area contributed by atoms with E-state index >= 15 is 0 Å². The third-order valence-electron chi connectivity index (χ3n) is 8.38. The van der Waals surface area contributed by atoms with Crippen LogP contribution in [0.5, 0.6) is 0 Å². The Morgan fingerprint density at radius 2 is 1.30 bits per heavy atom. The normalized spacial score (nSPS) is 14.2. The summed E-state index contributed by atoms with van der Waals surface area (Å²) in [6.07, 6.45) is -7.94. The summed E-state index contributed by atoms with van der Waals surface area (Å²) >= 11 is 0. The van der Waals surface area contributed by atoms with E-state index in [1.807, 2.05) is 100 Å². The fraction of sp³-hybridized carbons (Fsp3) is 0.333. The second kappa shape index (κ2) is 18.8. The van der Waals surface area contributed by atoms with Gasteiger partial charge in [0.05, 0.1) is 18.8 Å². The summed E-state index contributed by atoms with van der Waals surface area (Å²) < 4.78 is 74.6. The lowest BCUT2D eigenvalue weighted by Gasteiger charge is -2.26. The molecule has 1 aliphatic rings. The molecule has 1 fully saturated rings. The van der Waals surface area contributed by atoms with Crippen LogP contribution in [-0.4, -0.2) is 87.4 Å². The van der Waals surface area contributed by atoms with Gasteiger partial charge in [-0.05, 0) is 37.8 Å². The van der Waals surface area contributed by atoms with Crippen molar-refractivity contribution < 1.29 is 55.1 Å². The summed E-state index contributed by atoms with van der Waals surface area (Å²) in [6, 6.07) is 26.9. The summed E-state index contributed by atoms with van der Waals surface area (Å²) in [5.41, 5.74) is 7.34. The number of halogens is 6. The van der Waals surface area contributed by atoms with Gasteiger partial charge in [-0.25, -0.2) is 4.98 Å². The highest BCUT2D eigenvalue weighted by atomic mass is 19.4. The van der Waals surface area contributed by atoms with E-state index in [4.69, 9.17) is 15.5 Å². The van der Waals surface area contributed by atoms with Gasteiger partial charge in [0.25, 0.3) is 5.91 Å². The molecule has 2 heterocycles. The average molecular weight is 803 g/mol. The lowest BCUT2D eigenvalue weighted by atomic mass is 10.0. The number of aromatic nitrogens is 2. The third-order valence-corrected chi connectivity index (χ3v) is 8.38. The van der Waals surface area contributed by atoms with Crippen LogP contribution < -0.4 is 16.4 Å². The predicted molar refractivity (Wildman–Crippen MR) is 195 cm³/mol. The van der Waals surface area contributed by atoms with Crippen LogP contribution in [0.4, 0.5) is 32.2 Å². The smallest absolute Gasteiger partial charge is 0.374 e. The molecule has 3 amide bonds. The zero-order chi connectivity index (χ0) is 42.0. The lowest BCUT2D eigenvalue weighted by Crippen LogP contribution is -2.56. The number of alkyl halides is 6. The number of likely N-dealkylation sites (tertiary alicyclic amines) is 1. The van der Waals surface area contributed by atoms with Gasteiger partial charge in [-0.2, -0.15) is 26.3 Å². The topological polar surface area (TPSA) is 166 Å². The van der Waals surface area contributed by atoms with E-state index in [9.17, 15) is 50.3 Å². The van der Waals surface area contributed by atoms with Crippen molar-refractivity contribution in [1.82, 2.24) is 19.8 Å². The molecule has 4 N–H and O–H groups in total. The number of Topliss-reactive ketones (excluding diaryl/α,β-unsaturated/α-hetero) is 2. The molecule has 4 aromatic rings. The van der Waals surface area contributed by atoms with Crippen molar-refractivity contribution in [1.29, 1.82) is 0 Å². The zero-order valence-corrected chi connectivity index (χ0v) is 30.8. The van der Waals surface area contributed by atoms with Gasteiger partial charge in [-0.3, -0.25) is 24.0 Å². The number of nitrogens with one attached hydrogen (secondary N) is 2. The van der Waals surface area contributed by atoms with Gasteiger partial charge in [-0.1, -0.05) is 91.0 Å². The predicted octanol–water partition coefficient (Wildman–Crippen LogP) is 5.39. The summed E-state index contributed by atoms with van der Waals surface area (Å²) in [5, 5.41) is 5.59. The molecule has 3 aromatic carbocycles. The van der Waals surface area contributed by atoms with Gasteiger partial charge in [0.1, 0.15) is 17.9 Å². The first-order valence-electron chi connectivity index (χ1n) is 17.5. The molecular weight excluding hydrogens is 762 g/mol. The highest BCUT2D eigenvalue weighted by Gasteiger charge is 2.54. The first-order chi connectivity index (χ1) is 26.8. The summed E-state index contributed by atoms with van der Waals surface area (Å²) in [7, 11) is 0. The highest BCUT2D eigenvalue weighted by Crippen LogP contribution is 2.31. The third kappa shape index (κ3) is 12.3. The molecule has 2 atom stereocenters. The zero-order valence-electron chi connectivity index (χ0n) is 30.8. The quantitative estimate of drug-likeness (QED) is 0.120. The maximum absolute atomic E-state index is 14.0. The number of carbonyl (C=O) groups excluding carboxylic acids is 5. The molecule has 5 rings (SSSR count). The Hall–Kier alpha value is -5.88. The van der Waals surface area contributed by atoms with Crippen molar-refractivity contribution in [3.05, 3.63) is 108 Å². The molecule has 12 nitrogen and oxygen atoms in total. The Morgan fingerprint density at radius 3 is 1.81 bits per heavy atom. The Kier molecular flexibility index (Phi) is 14.5. The standard InChI is InChI=1S/C35H40N6O4.C4F6O2/c1-35(2,36)34(44)37-28(24-45-23-25-14-6-3-7-15-25)32(42)39-29-22-41(31(38-29)27-18-10-5-11-19-27)30(26-16-8-4-9-17-26)33(43)40-20-12-13-21-40;5-3(6,7)1(11)2(12)4(8,9)10/h3-11,14-19,22,28,30H,12-13,20-21,23-24,36H2,1-2H3,(H,37,44)(H,39,42);/t28-,30?;/m1./s1. The molecule has 0 saturated carbocycles.